The molecule has 0 aromatic carbocycles. The van der Waals surface area contributed by atoms with Crippen molar-refractivity contribution in [3.05, 3.63) is 0 Å². The third-order valence-electron chi connectivity index (χ3n) is 2.19. The lowest BCUT2D eigenvalue weighted by atomic mass is 10.1. The van der Waals surface area contributed by atoms with Crippen molar-refractivity contribution in [3.8, 4) is 0 Å². The van der Waals surface area contributed by atoms with Gasteiger partial charge in [0.05, 0.1) is 0 Å². The lowest BCUT2D eigenvalue weighted by Crippen LogP contribution is -2.12. The molecule has 80 valence electrons. The molecule has 0 aromatic heterocycles. The van der Waals surface area contributed by atoms with Gasteiger partial charge in [0.15, 0.2) is 9.76 Å². The predicted octanol–water partition coefficient (Wildman–Crippen LogP) is 0.373. The van der Waals surface area contributed by atoms with Crippen molar-refractivity contribution in [1.82, 2.24) is 0 Å². The number of hydrogen-bond donors (Lipinski definition) is 2. The lowest BCUT2D eigenvalue weighted by Gasteiger charge is -2.14. The fourth-order valence-electron chi connectivity index (χ4n) is 1.41. The monoisotopic (exact) mass is 204 g/mol. The van der Waals surface area contributed by atoms with Crippen molar-refractivity contribution in [2.24, 2.45) is 11.5 Å². The maximum absolute atomic E-state index is 5.55. The Morgan fingerprint density at radius 2 is 1.69 bits per heavy atom. The van der Waals surface area contributed by atoms with Gasteiger partial charge in [0.1, 0.15) is 0 Å². The highest BCUT2D eigenvalue weighted by Crippen LogP contribution is 2.18. The molecule has 3 nitrogen and oxygen atoms in total. The molecule has 0 aliphatic heterocycles. The normalized spacial score (nSPS) is 12.0. The summed E-state index contributed by atoms with van der Waals surface area (Å²) in [6.45, 7) is 4.54. The van der Waals surface area contributed by atoms with Gasteiger partial charge in [-0.15, -0.1) is 0 Å². The zero-order valence-electron chi connectivity index (χ0n) is 8.80. The van der Waals surface area contributed by atoms with Crippen LogP contribution in [0.3, 0.4) is 0 Å². The van der Waals surface area contributed by atoms with E-state index in [-0.39, 0.29) is 9.76 Å². The molecule has 0 aliphatic rings. The molecule has 0 saturated heterocycles. The summed E-state index contributed by atoms with van der Waals surface area (Å²) in [5.74, 6) is 0. The van der Waals surface area contributed by atoms with Gasteiger partial charge in [-0.1, -0.05) is 12.8 Å². The third kappa shape index (κ3) is 8.43. The van der Waals surface area contributed by atoms with Gasteiger partial charge in [0, 0.05) is 6.61 Å². The summed E-state index contributed by atoms with van der Waals surface area (Å²) in [4.78, 5) is 0. The smallest absolute Gasteiger partial charge is 0.164 e. The quantitative estimate of drug-likeness (QED) is 0.534. The van der Waals surface area contributed by atoms with Gasteiger partial charge in [-0.25, -0.2) is 0 Å². The summed E-state index contributed by atoms with van der Waals surface area (Å²) < 4.78 is 5.55. The Balaban J connectivity index is 3.47. The Hall–Kier alpha value is 0.0969. The Morgan fingerprint density at radius 3 is 2.08 bits per heavy atom. The van der Waals surface area contributed by atoms with Gasteiger partial charge in [0.25, 0.3) is 0 Å². The highest BCUT2D eigenvalue weighted by atomic mass is 28.2. The van der Waals surface area contributed by atoms with Crippen molar-refractivity contribution in [2.45, 2.75) is 38.1 Å². The molecule has 13 heavy (non-hydrogen) atoms. The minimum atomic E-state index is -0.326. The zero-order valence-corrected chi connectivity index (χ0v) is 10.2. The van der Waals surface area contributed by atoms with E-state index in [1.807, 2.05) is 0 Å². The van der Waals surface area contributed by atoms with Crippen molar-refractivity contribution in [3.63, 3.8) is 0 Å². The number of rotatable bonds is 9. The van der Waals surface area contributed by atoms with E-state index in [1.165, 1.54) is 12.8 Å². The molecule has 4 heteroatoms. The standard InChI is InChI=1S/C9H24N2OSi/c1-2-12-13-9(5-3-7-10)6-4-8-11/h9H,2-8,10-11,13H2,1H3. The van der Waals surface area contributed by atoms with Crippen LogP contribution in [0.25, 0.3) is 0 Å². The van der Waals surface area contributed by atoms with Crippen LogP contribution in [0.4, 0.5) is 0 Å². The van der Waals surface area contributed by atoms with Crippen molar-refractivity contribution < 1.29 is 4.43 Å². The van der Waals surface area contributed by atoms with Crippen LogP contribution in [0, 0.1) is 0 Å². The predicted molar refractivity (Wildman–Crippen MR) is 60.5 cm³/mol. The molecule has 0 spiro atoms. The number of hydrogen-bond acceptors (Lipinski definition) is 3. The van der Waals surface area contributed by atoms with E-state index in [2.05, 4.69) is 6.92 Å². The Labute approximate surface area is 84.1 Å². The first-order chi connectivity index (χ1) is 6.35. The van der Waals surface area contributed by atoms with Gasteiger partial charge in [-0.2, -0.15) is 0 Å². The summed E-state index contributed by atoms with van der Waals surface area (Å²) in [6, 6.07) is 0. The molecular formula is C9H24N2OSi. The van der Waals surface area contributed by atoms with E-state index >= 15 is 0 Å². The summed E-state index contributed by atoms with van der Waals surface area (Å²) in [6.07, 6.45) is 4.75. The first kappa shape index (κ1) is 13.1. The average Bonchev–Trinajstić information content (AvgIpc) is 2.17. The minimum absolute atomic E-state index is 0.326. The molecule has 4 N–H and O–H groups in total. The van der Waals surface area contributed by atoms with Crippen LogP contribution in [-0.4, -0.2) is 29.5 Å². The van der Waals surface area contributed by atoms with Crippen LogP contribution in [0.1, 0.15) is 32.6 Å². The van der Waals surface area contributed by atoms with E-state index in [4.69, 9.17) is 15.9 Å². The van der Waals surface area contributed by atoms with E-state index in [0.717, 1.165) is 38.1 Å². The maximum Gasteiger partial charge on any atom is 0.164 e. The number of nitrogens with two attached hydrogens (primary N) is 2. The van der Waals surface area contributed by atoms with Crippen LogP contribution in [0.2, 0.25) is 5.54 Å². The van der Waals surface area contributed by atoms with Crippen molar-refractivity contribution in [2.75, 3.05) is 19.7 Å². The summed E-state index contributed by atoms with van der Waals surface area (Å²) >= 11 is 0. The average molecular weight is 204 g/mol. The molecule has 0 aromatic rings. The third-order valence-corrected chi connectivity index (χ3v) is 4.12. The fourth-order valence-corrected chi connectivity index (χ4v) is 2.89. The molecule has 0 bridgehead atoms. The van der Waals surface area contributed by atoms with E-state index in [9.17, 15) is 0 Å². The summed E-state index contributed by atoms with van der Waals surface area (Å²) in [5, 5.41) is 0. The summed E-state index contributed by atoms with van der Waals surface area (Å²) in [7, 11) is -0.326. The Morgan fingerprint density at radius 1 is 1.15 bits per heavy atom. The second-order valence-corrected chi connectivity index (χ2v) is 5.28. The van der Waals surface area contributed by atoms with Gasteiger partial charge in [-0.3, -0.25) is 0 Å². The van der Waals surface area contributed by atoms with E-state index in [1.54, 1.807) is 0 Å². The molecule has 0 unspecified atom stereocenters. The zero-order chi connectivity index (χ0) is 9.94. The fraction of sp³-hybridized carbons (Fsp3) is 1.00. The Kier molecular flexibility index (Phi) is 10.3. The van der Waals surface area contributed by atoms with Crippen LogP contribution in [0.15, 0.2) is 0 Å². The second-order valence-electron chi connectivity index (χ2n) is 3.39. The second kappa shape index (κ2) is 10.2. The van der Waals surface area contributed by atoms with Gasteiger partial charge < -0.3 is 15.9 Å². The molecule has 0 saturated carbocycles. The van der Waals surface area contributed by atoms with Crippen molar-refractivity contribution in [1.29, 1.82) is 0 Å². The first-order valence-electron chi connectivity index (χ1n) is 5.33. The lowest BCUT2D eigenvalue weighted by molar-refractivity contribution is 0.347. The van der Waals surface area contributed by atoms with Gasteiger partial charge in [0.2, 0.25) is 0 Å². The van der Waals surface area contributed by atoms with Crippen molar-refractivity contribution >= 4 is 9.76 Å². The van der Waals surface area contributed by atoms with Gasteiger partial charge >= 0.3 is 0 Å². The molecule has 0 radical (unpaired) electrons. The highest BCUT2D eigenvalue weighted by Gasteiger charge is 2.08. The summed E-state index contributed by atoms with van der Waals surface area (Å²) in [5.41, 5.74) is 11.8. The molecule has 0 atom stereocenters. The van der Waals surface area contributed by atoms with Gasteiger partial charge in [-0.05, 0) is 38.4 Å². The van der Waals surface area contributed by atoms with Crippen LogP contribution in [-0.2, 0) is 4.43 Å². The highest BCUT2D eigenvalue weighted by molar-refractivity contribution is 6.29. The SMILES string of the molecule is CCO[SiH2]C(CCCN)CCCN. The largest absolute Gasteiger partial charge is 0.424 e. The first-order valence-corrected chi connectivity index (χ1v) is 6.72. The molecule has 0 rings (SSSR count). The molecular weight excluding hydrogens is 180 g/mol. The van der Waals surface area contributed by atoms with E-state index in [0.29, 0.717) is 0 Å². The molecule has 0 fully saturated rings. The maximum atomic E-state index is 5.55. The van der Waals surface area contributed by atoms with Crippen LogP contribution >= 0.6 is 0 Å². The molecule has 0 amide bonds. The van der Waals surface area contributed by atoms with Crippen LogP contribution in [0.5, 0.6) is 0 Å². The topological polar surface area (TPSA) is 61.3 Å². The molecule has 0 aliphatic carbocycles. The molecule has 0 heterocycles. The van der Waals surface area contributed by atoms with E-state index < -0.39 is 0 Å². The Bertz CT molecular complexity index is 84.6. The minimum Gasteiger partial charge on any atom is -0.424 e. The van der Waals surface area contributed by atoms with Crippen LogP contribution < -0.4 is 11.5 Å².